The quantitative estimate of drug-likeness (QED) is 0.154. The Labute approximate surface area is 480 Å². The zero-order chi connectivity index (χ0) is 57.2. The van der Waals surface area contributed by atoms with Crippen LogP contribution in [0.1, 0.15) is 158 Å². The summed E-state index contributed by atoms with van der Waals surface area (Å²) in [5, 5.41) is 2.44. The molecule has 406 valence electrons. The highest BCUT2D eigenvalue weighted by Gasteiger charge is 2.45. The summed E-state index contributed by atoms with van der Waals surface area (Å²) in [6.07, 6.45) is 0. The van der Waals surface area contributed by atoms with E-state index in [-0.39, 0.29) is 39.2 Å². The van der Waals surface area contributed by atoms with Crippen molar-refractivity contribution >= 4 is 85.1 Å². The minimum absolute atomic E-state index is 0.0180. The van der Waals surface area contributed by atoms with Crippen LogP contribution in [0.3, 0.4) is 0 Å². The van der Waals surface area contributed by atoms with E-state index in [2.05, 4.69) is 321 Å². The van der Waals surface area contributed by atoms with Gasteiger partial charge in [-0.1, -0.05) is 228 Å². The summed E-state index contributed by atoms with van der Waals surface area (Å²) in [6.45, 7) is 42.3. The van der Waals surface area contributed by atoms with Gasteiger partial charge in [-0.15, -0.1) is 0 Å². The first kappa shape index (κ1) is 54.7. The van der Waals surface area contributed by atoms with Crippen molar-refractivity contribution in [3.63, 3.8) is 0 Å². The number of nitrogens with zero attached hydrogens (tertiary/aromatic N) is 3. The van der Waals surface area contributed by atoms with Crippen molar-refractivity contribution < 1.29 is 0 Å². The van der Waals surface area contributed by atoms with Gasteiger partial charge in [0.2, 0.25) is 0 Å². The molecule has 4 heteroatoms. The number of hydrogen-bond donors (Lipinski definition) is 0. The van der Waals surface area contributed by atoms with Gasteiger partial charge in [-0.05, 0) is 177 Å². The summed E-state index contributed by atoms with van der Waals surface area (Å²) in [4.78, 5) is 7.74. The van der Waals surface area contributed by atoms with Gasteiger partial charge in [-0.25, -0.2) is 0 Å². The Morgan fingerprint density at radius 3 is 1.38 bits per heavy atom. The molecule has 0 aromatic heterocycles. The van der Waals surface area contributed by atoms with Gasteiger partial charge in [0.25, 0.3) is 6.71 Å². The largest absolute Gasteiger partial charge is 0.311 e. The first-order chi connectivity index (χ1) is 37.4. The summed E-state index contributed by atoms with van der Waals surface area (Å²) in [7, 11) is 0. The smallest absolute Gasteiger partial charge is 0.252 e. The highest BCUT2D eigenvalue weighted by atomic mass is 15.2. The molecule has 0 amide bonds. The molecule has 0 atom stereocenters. The van der Waals surface area contributed by atoms with Crippen molar-refractivity contribution in [1.82, 2.24) is 0 Å². The molecule has 0 saturated heterocycles. The average molecular weight is 1050 g/mol. The fourth-order valence-electron chi connectivity index (χ4n) is 12.1. The fraction of sp³-hybridized carbons (Fsp3) is 0.316. The van der Waals surface area contributed by atoms with Gasteiger partial charge in [-0.2, -0.15) is 0 Å². The van der Waals surface area contributed by atoms with Crippen molar-refractivity contribution in [3.8, 4) is 11.1 Å². The third kappa shape index (κ3) is 9.96. The molecule has 2 aliphatic heterocycles. The molecule has 2 aliphatic rings. The van der Waals surface area contributed by atoms with Gasteiger partial charge in [0.15, 0.2) is 0 Å². The minimum atomic E-state index is -0.186. The third-order valence-electron chi connectivity index (χ3n) is 17.1. The second-order valence-electron chi connectivity index (χ2n) is 29.3. The van der Waals surface area contributed by atoms with Crippen LogP contribution in [0.4, 0.5) is 51.2 Å². The zero-order valence-electron chi connectivity index (χ0n) is 51.2. The molecular weight excluding hydrogens is 966 g/mol. The average Bonchev–Trinajstić information content (AvgIpc) is 3.31. The molecule has 2 heterocycles. The number of benzene rings is 9. The Bertz CT molecular complexity index is 3810. The minimum Gasteiger partial charge on any atom is -0.311 e. The van der Waals surface area contributed by atoms with Crippen molar-refractivity contribution in [2.45, 2.75) is 157 Å². The van der Waals surface area contributed by atoms with Gasteiger partial charge in [-0.3, -0.25) is 0 Å². The Kier molecular flexibility index (Phi) is 13.1. The van der Waals surface area contributed by atoms with Gasteiger partial charge >= 0.3 is 0 Å². The maximum atomic E-state index is 2.69. The number of fused-ring (bicyclic) bond motifs is 5. The van der Waals surface area contributed by atoms with Crippen LogP contribution in [0.15, 0.2) is 182 Å². The Balaban J connectivity index is 1.29. The normalized spacial score (nSPS) is 13.8. The van der Waals surface area contributed by atoms with Gasteiger partial charge < -0.3 is 14.7 Å². The molecule has 0 N–H and O–H groups in total. The standard InChI is InChI=1S/C76H84BN3/c1-71(2,3)52-29-34-59(35-30-52)79-66-39-32-54(73(7,8)9)45-64(66)77-63-37-36-61(78(58-26-20-19-21-27-58)60-33-28-49-24-22-23-25-50(49)42-60)48-67(63)80(69-47-57(76(16,17)18)46-68(79)70(69)77)65-38-31-53(72(4,5)6)44-62(65)51-40-55(74(10,11)12)43-56(41-51)75(13,14)15/h19-48H,1-18H3. The van der Waals surface area contributed by atoms with E-state index >= 15 is 0 Å². The molecule has 0 saturated carbocycles. The van der Waals surface area contributed by atoms with Crippen LogP contribution in [-0.2, 0) is 32.5 Å². The number of anilines is 9. The van der Waals surface area contributed by atoms with E-state index < -0.39 is 0 Å². The molecule has 80 heavy (non-hydrogen) atoms. The Morgan fingerprint density at radius 1 is 0.300 bits per heavy atom. The molecule has 0 unspecified atom stereocenters. The lowest BCUT2D eigenvalue weighted by atomic mass is 9.33. The molecule has 11 rings (SSSR count). The van der Waals surface area contributed by atoms with Crippen molar-refractivity contribution in [2.24, 2.45) is 0 Å². The van der Waals surface area contributed by atoms with Gasteiger partial charge in [0.05, 0.1) is 5.69 Å². The van der Waals surface area contributed by atoms with Crippen LogP contribution in [0.25, 0.3) is 21.9 Å². The molecule has 9 aromatic rings. The lowest BCUT2D eigenvalue weighted by Crippen LogP contribution is -2.61. The van der Waals surface area contributed by atoms with E-state index in [4.69, 9.17) is 0 Å². The number of rotatable bonds is 6. The van der Waals surface area contributed by atoms with E-state index in [1.54, 1.807) is 0 Å². The molecular formula is C76H84BN3. The first-order valence-corrected chi connectivity index (χ1v) is 29.3. The maximum absolute atomic E-state index is 2.69. The second-order valence-corrected chi connectivity index (χ2v) is 29.3. The zero-order valence-corrected chi connectivity index (χ0v) is 51.2. The highest BCUT2D eigenvalue weighted by Crippen LogP contribution is 2.51. The number of para-hydroxylation sites is 1. The summed E-state index contributed by atoms with van der Waals surface area (Å²) in [5.41, 5.74) is 24.4. The molecule has 0 fully saturated rings. The van der Waals surface area contributed by atoms with Crippen molar-refractivity contribution in [1.29, 1.82) is 0 Å². The molecule has 3 nitrogen and oxygen atoms in total. The summed E-state index contributed by atoms with van der Waals surface area (Å²) in [6, 6.07) is 70.7. The SMILES string of the molecule is CC(C)(C)c1ccc(N2c3ccc(C(C)(C)C)cc3B3c4ccc(N(c5ccccc5)c5ccc6ccccc6c5)cc4N(c4ccc(C(C)(C)C)cc4-c4cc(C(C)(C)C)cc(C(C)(C)C)c4)c4cc(C(C)(C)C)cc2c43)cc1. The lowest BCUT2D eigenvalue weighted by molar-refractivity contribution is 0.569. The molecule has 0 radical (unpaired) electrons. The van der Waals surface area contributed by atoms with Gasteiger partial charge in [0, 0.05) is 51.1 Å². The predicted octanol–water partition coefficient (Wildman–Crippen LogP) is 19.8. The molecule has 0 spiro atoms. The van der Waals surface area contributed by atoms with E-state index in [0.717, 1.165) is 17.1 Å². The fourth-order valence-corrected chi connectivity index (χ4v) is 12.1. The second kappa shape index (κ2) is 19.2. The van der Waals surface area contributed by atoms with Crippen molar-refractivity contribution in [2.75, 3.05) is 14.7 Å². The predicted molar refractivity (Wildman–Crippen MR) is 350 cm³/mol. The topological polar surface area (TPSA) is 9.72 Å². The van der Waals surface area contributed by atoms with Crippen molar-refractivity contribution in [3.05, 3.63) is 215 Å². The van der Waals surface area contributed by atoms with Crippen LogP contribution in [-0.4, -0.2) is 6.71 Å². The Hall–Kier alpha value is -7.30. The Morgan fingerprint density at radius 2 is 0.787 bits per heavy atom. The van der Waals surface area contributed by atoms with E-state index in [1.165, 1.54) is 106 Å². The first-order valence-electron chi connectivity index (χ1n) is 29.3. The van der Waals surface area contributed by atoms with Gasteiger partial charge in [0.1, 0.15) is 0 Å². The van der Waals surface area contributed by atoms with E-state index in [0.29, 0.717) is 0 Å². The third-order valence-corrected chi connectivity index (χ3v) is 17.1. The summed E-state index contributed by atoms with van der Waals surface area (Å²) < 4.78 is 0. The number of hydrogen-bond acceptors (Lipinski definition) is 3. The lowest BCUT2D eigenvalue weighted by Gasteiger charge is -2.46. The monoisotopic (exact) mass is 1050 g/mol. The van der Waals surface area contributed by atoms with E-state index in [1.807, 2.05) is 0 Å². The molecule has 0 bridgehead atoms. The van der Waals surface area contributed by atoms with Crippen LogP contribution in [0.2, 0.25) is 0 Å². The van der Waals surface area contributed by atoms with Crippen LogP contribution in [0, 0.1) is 0 Å². The summed E-state index contributed by atoms with van der Waals surface area (Å²) >= 11 is 0. The summed E-state index contributed by atoms with van der Waals surface area (Å²) in [5.74, 6) is 0. The van der Waals surface area contributed by atoms with Crippen LogP contribution in [0.5, 0.6) is 0 Å². The highest BCUT2D eigenvalue weighted by molar-refractivity contribution is 7.00. The van der Waals surface area contributed by atoms with Crippen LogP contribution >= 0.6 is 0 Å². The maximum Gasteiger partial charge on any atom is 0.252 e. The molecule has 9 aromatic carbocycles. The van der Waals surface area contributed by atoms with E-state index in [9.17, 15) is 0 Å². The van der Waals surface area contributed by atoms with Crippen LogP contribution < -0.4 is 31.1 Å². The molecule has 0 aliphatic carbocycles.